The summed E-state index contributed by atoms with van der Waals surface area (Å²) in [6, 6.07) is 4.02. The van der Waals surface area contributed by atoms with Crippen LogP contribution < -0.4 is 5.73 Å². The largest absolute Gasteiger partial charge is 0.369 e. The molecular weight excluding hydrogens is 218 g/mol. The standard InChI is InChI=1S/C8H8BrN3/c1-5-2-3-6-7(9)11-8(10)12(6)4-5/h2-4H,1H3,(H2,10,11). The molecule has 2 aromatic rings. The molecule has 3 nitrogen and oxygen atoms in total. The van der Waals surface area contributed by atoms with Crippen molar-refractivity contribution >= 4 is 27.4 Å². The Morgan fingerprint density at radius 1 is 1.50 bits per heavy atom. The van der Waals surface area contributed by atoms with Gasteiger partial charge in [0, 0.05) is 6.20 Å². The molecule has 0 fully saturated rings. The maximum atomic E-state index is 5.67. The monoisotopic (exact) mass is 225 g/mol. The van der Waals surface area contributed by atoms with E-state index in [2.05, 4.69) is 20.9 Å². The zero-order valence-corrected chi connectivity index (χ0v) is 8.17. The zero-order chi connectivity index (χ0) is 8.72. The highest BCUT2D eigenvalue weighted by atomic mass is 79.9. The maximum Gasteiger partial charge on any atom is 0.205 e. The second-order valence-corrected chi connectivity index (χ2v) is 3.47. The van der Waals surface area contributed by atoms with Crippen molar-refractivity contribution in [1.29, 1.82) is 0 Å². The number of hydrogen-bond acceptors (Lipinski definition) is 2. The highest BCUT2D eigenvalue weighted by Crippen LogP contribution is 2.20. The lowest BCUT2D eigenvalue weighted by Crippen LogP contribution is -1.93. The van der Waals surface area contributed by atoms with Gasteiger partial charge in [-0.3, -0.25) is 4.40 Å². The van der Waals surface area contributed by atoms with E-state index < -0.39 is 0 Å². The van der Waals surface area contributed by atoms with Gasteiger partial charge in [-0.25, -0.2) is 4.98 Å². The fraction of sp³-hybridized carbons (Fsp3) is 0.125. The van der Waals surface area contributed by atoms with E-state index in [4.69, 9.17) is 5.73 Å². The van der Waals surface area contributed by atoms with Gasteiger partial charge in [0.25, 0.3) is 0 Å². The summed E-state index contributed by atoms with van der Waals surface area (Å²) in [5.74, 6) is 0.514. The third kappa shape index (κ3) is 0.992. The third-order valence-corrected chi connectivity index (χ3v) is 2.35. The van der Waals surface area contributed by atoms with Gasteiger partial charge in [0.05, 0.1) is 5.52 Å². The number of anilines is 1. The molecular formula is C8H8BrN3. The molecule has 62 valence electrons. The van der Waals surface area contributed by atoms with Crippen molar-refractivity contribution in [3.05, 3.63) is 28.5 Å². The lowest BCUT2D eigenvalue weighted by molar-refractivity contribution is 1.15. The number of halogens is 1. The number of nitrogens with zero attached hydrogens (tertiary/aromatic N) is 2. The van der Waals surface area contributed by atoms with Gasteiger partial charge in [0.2, 0.25) is 5.95 Å². The van der Waals surface area contributed by atoms with Gasteiger partial charge in [-0.05, 0) is 34.5 Å². The summed E-state index contributed by atoms with van der Waals surface area (Å²) in [6.45, 7) is 2.02. The minimum atomic E-state index is 0.514. The SMILES string of the molecule is Cc1ccc2c(Br)nc(N)n2c1. The molecule has 0 aliphatic carbocycles. The van der Waals surface area contributed by atoms with Gasteiger partial charge in [0.1, 0.15) is 4.60 Å². The minimum absolute atomic E-state index is 0.514. The van der Waals surface area contributed by atoms with Crippen LogP contribution in [-0.4, -0.2) is 9.38 Å². The van der Waals surface area contributed by atoms with Gasteiger partial charge in [-0.2, -0.15) is 0 Å². The van der Waals surface area contributed by atoms with Gasteiger partial charge >= 0.3 is 0 Å². The van der Waals surface area contributed by atoms with Crippen molar-refractivity contribution < 1.29 is 0 Å². The summed E-state index contributed by atoms with van der Waals surface area (Å²) in [5, 5.41) is 0. The number of pyridine rings is 1. The fourth-order valence-corrected chi connectivity index (χ4v) is 1.68. The van der Waals surface area contributed by atoms with Gasteiger partial charge in [-0.1, -0.05) is 6.07 Å². The average molecular weight is 226 g/mol. The van der Waals surface area contributed by atoms with Crippen molar-refractivity contribution in [2.24, 2.45) is 0 Å². The molecule has 2 aromatic heterocycles. The van der Waals surface area contributed by atoms with Crippen LogP contribution in [-0.2, 0) is 0 Å². The van der Waals surface area contributed by atoms with Crippen LogP contribution in [0.3, 0.4) is 0 Å². The van der Waals surface area contributed by atoms with E-state index in [1.807, 2.05) is 29.7 Å². The summed E-state index contributed by atoms with van der Waals surface area (Å²) in [7, 11) is 0. The van der Waals surface area contributed by atoms with Gasteiger partial charge < -0.3 is 5.73 Å². The predicted octanol–water partition coefficient (Wildman–Crippen LogP) is 1.99. The Labute approximate surface area is 78.3 Å². The molecule has 0 aromatic carbocycles. The number of nitrogen functional groups attached to an aromatic ring is 1. The van der Waals surface area contributed by atoms with E-state index >= 15 is 0 Å². The normalized spacial score (nSPS) is 10.8. The van der Waals surface area contributed by atoms with E-state index in [9.17, 15) is 0 Å². The number of hydrogen-bond donors (Lipinski definition) is 1. The van der Waals surface area contributed by atoms with E-state index in [1.165, 1.54) is 5.56 Å². The molecule has 0 radical (unpaired) electrons. The molecule has 12 heavy (non-hydrogen) atoms. The van der Waals surface area contributed by atoms with Crippen LogP contribution in [0.2, 0.25) is 0 Å². The topological polar surface area (TPSA) is 43.3 Å². The van der Waals surface area contributed by atoms with Crippen LogP contribution in [0.4, 0.5) is 5.95 Å². The molecule has 0 aliphatic heterocycles. The second kappa shape index (κ2) is 2.48. The first kappa shape index (κ1) is 7.61. The Hall–Kier alpha value is -1.03. The zero-order valence-electron chi connectivity index (χ0n) is 6.58. The Bertz CT molecular complexity index is 433. The Morgan fingerprint density at radius 3 is 3.00 bits per heavy atom. The number of rotatable bonds is 0. The summed E-state index contributed by atoms with van der Waals surface area (Å²) in [6.07, 6.45) is 1.96. The lowest BCUT2D eigenvalue weighted by Gasteiger charge is -1.96. The maximum absolute atomic E-state index is 5.67. The molecule has 0 atom stereocenters. The first-order chi connectivity index (χ1) is 5.68. The van der Waals surface area contributed by atoms with E-state index in [1.54, 1.807) is 0 Å². The molecule has 2 N–H and O–H groups in total. The Kier molecular flexibility index (Phi) is 1.58. The third-order valence-electron chi connectivity index (χ3n) is 1.77. The van der Waals surface area contributed by atoms with Crippen molar-refractivity contribution in [1.82, 2.24) is 9.38 Å². The van der Waals surface area contributed by atoms with Gasteiger partial charge in [0.15, 0.2) is 0 Å². The highest BCUT2D eigenvalue weighted by molar-refractivity contribution is 9.10. The second-order valence-electron chi connectivity index (χ2n) is 2.72. The molecule has 0 amide bonds. The highest BCUT2D eigenvalue weighted by Gasteiger charge is 2.04. The van der Waals surface area contributed by atoms with Crippen LogP contribution in [0, 0.1) is 6.92 Å². The first-order valence-corrected chi connectivity index (χ1v) is 4.37. The molecule has 0 aliphatic rings. The lowest BCUT2D eigenvalue weighted by atomic mass is 10.3. The van der Waals surface area contributed by atoms with Crippen molar-refractivity contribution in [3.63, 3.8) is 0 Å². The van der Waals surface area contributed by atoms with Crippen LogP contribution in [0.25, 0.3) is 5.52 Å². The Morgan fingerprint density at radius 2 is 2.25 bits per heavy atom. The van der Waals surface area contributed by atoms with Crippen LogP contribution in [0.5, 0.6) is 0 Å². The van der Waals surface area contributed by atoms with Crippen molar-refractivity contribution in [2.45, 2.75) is 6.92 Å². The molecule has 0 unspecified atom stereocenters. The van der Waals surface area contributed by atoms with E-state index in [0.29, 0.717) is 5.95 Å². The number of nitrogens with two attached hydrogens (primary N) is 1. The van der Waals surface area contributed by atoms with Crippen LogP contribution in [0.15, 0.2) is 22.9 Å². The molecule has 4 heteroatoms. The molecule has 0 saturated carbocycles. The summed E-state index contributed by atoms with van der Waals surface area (Å²) < 4.78 is 2.65. The number of aromatic nitrogens is 2. The molecule has 0 saturated heterocycles. The molecule has 0 bridgehead atoms. The average Bonchev–Trinajstić information content (AvgIpc) is 2.28. The number of fused-ring (bicyclic) bond motifs is 1. The fourth-order valence-electron chi connectivity index (χ4n) is 1.18. The van der Waals surface area contributed by atoms with Crippen molar-refractivity contribution in [3.8, 4) is 0 Å². The molecule has 0 spiro atoms. The molecule has 2 heterocycles. The number of aryl methyl sites for hydroxylation is 1. The first-order valence-electron chi connectivity index (χ1n) is 3.58. The van der Waals surface area contributed by atoms with Gasteiger partial charge in [-0.15, -0.1) is 0 Å². The molecule has 2 rings (SSSR count). The quantitative estimate of drug-likeness (QED) is 0.746. The summed E-state index contributed by atoms with van der Waals surface area (Å²) in [5.41, 5.74) is 7.83. The summed E-state index contributed by atoms with van der Waals surface area (Å²) in [4.78, 5) is 4.09. The van der Waals surface area contributed by atoms with Crippen LogP contribution in [0.1, 0.15) is 5.56 Å². The predicted molar refractivity (Wildman–Crippen MR) is 52.0 cm³/mol. The van der Waals surface area contributed by atoms with Crippen molar-refractivity contribution in [2.75, 3.05) is 5.73 Å². The Balaban J connectivity index is 2.90. The van der Waals surface area contributed by atoms with E-state index in [0.717, 1.165) is 10.1 Å². The van der Waals surface area contributed by atoms with E-state index in [-0.39, 0.29) is 0 Å². The minimum Gasteiger partial charge on any atom is -0.369 e. The van der Waals surface area contributed by atoms with Crippen LogP contribution >= 0.6 is 15.9 Å². The number of imidazole rings is 1. The smallest absolute Gasteiger partial charge is 0.205 e. The summed E-state index contributed by atoms with van der Waals surface area (Å²) >= 11 is 3.33.